The first-order valence-electron chi connectivity index (χ1n) is 9.88. The van der Waals surface area contributed by atoms with Gasteiger partial charge in [-0.05, 0) is 30.7 Å². The minimum atomic E-state index is -1.30. The number of fused-ring (bicyclic) bond motifs is 1. The van der Waals surface area contributed by atoms with Crippen LogP contribution in [-0.2, 0) is 16.1 Å². The largest absolute Gasteiger partial charge is 0.481 e. The van der Waals surface area contributed by atoms with Crippen molar-refractivity contribution < 1.29 is 24.6 Å². The Morgan fingerprint density at radius 1 is 1.12 bits per heavy atom. The van der Waals surface area contributed by atoms with Gasteiger partial charge < -0.3 is 31.9 Å². The number of benzene rings is 1. The second kappa shape index (κ2) is 9.77. The van der Waals surface area contributed by atoms with Crippen LogP contribution in [0.2, 0.25) is 0 Å². The van der Waals surface area contributed by atoms with E-state index in [0.29, 0.717) is 29.1 Å². The molecule has 3 rings (SSSR count). The molecule has 1 unspecified atom stereocenters. The fourth-order valence-electron chi connectivity index (χ4n) is 3.12. The predicted molar refractivity (Wildman–Crippen MR) is 120 cm³/mol. The van der Waals surface area contributed by atoms with Crippen molar-refractivity contribution in [2.75, 3.05) is 23.4 Å². The number of aromatic nitrogens is 3. The fourth-order valence-corrected chi connectivity index (χ4v) is 3.12. The highest BCUT2D eigenvalue weighted by Gasteiger charge is 2.21. The van der Waals surface area contributed by atoms with Gasteiger partial charge in [0.15, 0.2) is 5.65 Å². The van der Waals surface area contributed by atoms with Crippen molar-refractivity contribution in [2.45, 2.75) is 25.4 Å². The number of hydrogen-bond acceptors (Lipinski definition) is 9. The summed E-state index contributed by atoms with van der Waals surface area (Å²) in [6.07, 6.45) is 1.00. The fraction of sp³-hybridized carbons (Fsp3) is 0.238. The molecule has 12 nitrogen and oxygen atoms in total. The number of carbonyl (C=O) groups excluding carboxylic acids is 1. The molecule has 2 heterocycles. The maximum absolute atomic E-state index is 12.4. The molecule has 1 atom stereocenters. The van der Waals surface area contributed by atoms with Crippen LogP contribution in [0, 0.1) is 0 Å². The number of carbonyl (C=O) groups is 3. The molecular formula is C21H23N7O5. The topological polar surface area (TPSA) is 198 Å². The minimum absolute atomic E-state index is 0.212. The Hall–Kier alpha value is -4.48. The van der Waals surface area contributed by atoms with Crippen LogP contribution in [0.1, 0.15) is 28.9 Å². The zero-order valence-electron chi connectivity index (χ0n) is 17.7. The third kappa shape index (κ3) is 5.81. The number of nitrogens with two attached hydrogens (primary N) is 2. The molecule has 1 aromatic carbocycles. The Labute approximate surface area is 188 Å². The minimum Gasteiger partial charge on any atom is -0.481 e. The van der Waals surface area contributed by atoms with E-state index in [0.717, 1.165) is 5.69 Å². The smallest absolute Gasteiger partial charge is 0.326 e. The van der Waals surface area contributed by atoms with E-state index >= 15 is 0 Å². The summed E-state index contributed by atoms with van der Waals surface area (Å²) in [5, 5.41) is 20.3. The Balaban J connectivity index is 1.67. The molecule has 0 fully saturated rings. The van der Waals surface area contributed by atoms with Crippen molar-refractivity contribution in [2.24, 2.45) is 0 Å². The molecule has 0 radical (unpaired) electrons. The van der Waals surface area contributed by atoms with Crippen molar-refractivity contribution in [3.63, 3.8) is 0 Å². The van der Waals surface area contributed by atoms with Gasteiger partial charge in [-0.3, -0.25) is 9.59 Å². The second-order valence-corrected chi connectivity index (χ2v) is 7.37. The van der Waals surface area contributed by atoms with Gasteiger partial charge in [-0.15, -0.1) is 0 Å². The quantitative estimate of drug-likeness (QED) is 0.308. The summed E-state index contributed by atoms with van der Waals surface area (Å²) in [5.74, 6) is -2.78. The summed E-state index contributed by atoms with van der Waals surface area (Å²) >= 11 is 0. The molecule has 3 aromatic rings. The Morgan fingerprint density at radius 2 is 1.82 bits per heavy atom. The number of aliphatic carboxylic acids is 2. The Bertz CT molecular complexity index is 1200. The highest BCUT2D eigenvalue weighted by molar-refractivity contribution is 5.97. The molecule has 12 heteroatoms. The first-order chi connectivity index (χ1) is 15.6. The number of nitrogen functional groups attached to an aromatic ring is 2. The molecule has 1 amide bonds. The van der Waals surface area contributed by atoms with Crippen molar-refractivity contribution >= 4 is 46.2 Å². The van der Waals surface area contributed by atoms with E-state index in [1.165, 1.54) is 6.07 Å². The van der Waals surface area contributed by atoms with E-state index in [-0.39, 0.29) is 24.2 Å². The maximum Gasteiger partial charge on any atom is 0.326 e. The molecule has 33 heavy (non-hydrogen) atoms. The molecule has 0 aliphatic carbocycles. The molecule has 0 bridgehead atoms. The molecule has 7 N–H and O–H groups in total. The van der Waals surface area contributed by atoms with Crippen molar-refractivity contribution in [3.05, 3.63) is 47.8 Å². The van der Waals surface area contributed by atoms with Crippen molar-refractivity contribution in [1.82, 2.24) is 20.3 Å². The molecule has 172 valence electrons. The summed E-state index contributed by atoms with van der Waals surface area (Å²) in [7, 11) is 1.83. The lowest BCUT2D eigenvalue weighted by molar-refractivity contribution is -0.140. The number of nitrogens with zero attached hydrogens (tertiary/aromatic N) is 4. The standard InChI is InChI=1S/C21H23N7O5/c1-28(10-12-9-24-19-18(25-12)14(22)8-16(23)27-19)13-4-2-11(3-5-13)20(31)26-15(21(32)33)6-7-17(29)30/h2-5,8-9,15H,6-7,10H2,1H3,(H,26,31)(H,29,30)(H,32,33)(H4,22,23,24,27). The van der Waals surface area contributed by atoms with Crippen LogP contribution >= 0.6 is 0 Å². The monoisotopic (exact) mass is 453 g/mol. The number of anilines is 3. The number of carboxylic acids is 2. The maximum atomic E-state index is 12.4. The lowest BCUT2D eigenvalue weighted by atomic mass is 10.1. The van der Waals surface area contributed by atoms with Crippen LogP contribution < -0.4 is 21.7 Å². The molecule has 2 aromatic heterocycles. The van der Waals surface area contributed by atoms with Gasteiger partial charge in [0, 0.05) is 30.8 Å². The highest BCUT2D eigenvalue weighted by Crippen LogP contribution is 2.20. The third-order valence-electron chi connectivity index (χ3n) is 4.83. The van der Waals surface area contributed by atoms with Crippen LogP contribution in [0.15, 0.2) is 36.5 Å². The lowest BCUT2D eigenvalue weighted by Crippen LogP contribution is -2.41. The van der Waals surface area contributed by atoms with Crippen molar-refractivity contribution in [3.8, 4) is 0 Å². The molecule has 0 aliphatic rings. The molecule has 0 spiro atoms. The molecule has 0 saturated heterocycles. The molecular weight excluding hydrogens is 430 g/mol. The molecule has 0 saturated carbocycles. The summed E-state index contributed by atoms with van der Waals surface area (Å²) in [5.41, 5.74) is 14.5. The summed E-state index contributed by atoms with van der Waals surface area (Å²) < 4.78 is 0. The third-order valence-corrected chi connectivity index (χ3v) is 4.83. The second-order valence-electron chi connectivity index (χ2n) is 7.37. The average Bonchev–Trinajstić information content (AvgIpc) is 2.76. The number of hydrogen-bond donors (Lipinski definition) is 5. The van der Waals surface area contributed by atoms with E-state index in [1.807, 2.05) is 11.9 Å². The number of nitrogens with one attached hydrogen (secondary N) is 1. The van der Waals surface area contributed by atoms with E-state index in [4.69, 9.17) is 16.6 Å². The van der Waals surface area contributed by atoms with Gasteiger partial charge >= 0.3 is 11.9 Å². The number of amides is 1. The number of rotatable bonds is 9. The predicted octanol–water partition coefficient (Wildman–Crippen LogP) is 0.873. The van der Waals surface area contributed by atoms with Crippen LogP contribution in [-0.4, -0.2) is 56.1 Å². The molecule has 0 aliphatic heterocycles. The zero-order valence-corrected chi connectivity index (χ0v) is 17.7. The normalized spacial score (nSPS) is 11.7. The SMILES string of the molecule is CN(Cc1cnc2nc(N)cc(N)c2n1)c1ccc(C(=O)NC(CCC(=O)O)C(=O)O)cc1. The van der Waals surface area contributed by atoms with Gasteiger partial charge in [0.1, 0.15) is 17.4 Å². The van der Waals surface area contributed by atoms with Gasteiger partial charge in [0.05, 0.1) is 24.1 Å². The summed E-state index contributed by atoms with van der Waals surface area (Å²) in [6, 6.07) is 6.73. The van der Waals surface area contributed by atoms with Crippen molar-refractivity contribution in [1.29, 1.82) is 0 Å². The van der Waals surface area contributed by atoms with Gasteiger partial charge in [0.2, 0.25) is 0 Å². The van der Waals surface area contributed by atoms with E-state index < -0.39 is 23.9 Å². The Kier molecular flexibility index (Phi) is 6.86. The Morgan fingerprint density at radius 3 is 2.45 bits per heavy atom. The highest BCUT2D eigenvalue weighted by atomic mass is 16.4. The number of carboxylic acid groups (broad SMARTS) is 2. The van der Waals surface area contributed by atoms with Gasteiger partial charge in [0.25, 0.3) is 5.91 Å². The number of pyridine rings is 1. The summed E-state index contributed by atoms with van der Waals surface area (Å²) in [4.78, 5) is 49.1. The lowest BCUT2D eigenvalue weighted by Gasteiger charge is -2.19. The van der Waals surface area contributed by atoms with Crippen LogP contribution in [0.5, 0.6) is 0 Å². The average molecular weight is 453 g/mol. The zero-order chi connectivity index (χ0) is 24.1. The van der Waals surface area contributed by atoms with E-state index in [2.05, 4.69) is 20.3 Å². The van der Waals surface area contributed by atoms with Crippen LogP contribution in [0.4, 0.5) is 17.2 Å². The van der Waals surface area contributed by atoms with Crippen LogP contribution in [0.25, 0.3) is 11.2 Å². The van der Waals surface area contributed by atoms with E-state index in [9.17, 15) is 19.5 Å². The van der Waals surface area contributed by atoms with E-state index in [1.54, 1.807) is 30.5 Å². The van der Waals surface area contributed by atoms with Crippen LogP contribution in [0.3, 0.4) is 0 Å². The van der Waals surface area contributed by atoms with Gasteiger partial charge in [-0.25, -0.2) is 19.7 Å². The first kappa shape index (κ1) is 23.2. The summed E-state index contributed by atoms with van der Waals surface area (Å²) in [6.45, 7) is 0.397. The van der Waals surface area contributed by atoms with Gasteiger partial charge in [-0.2, -0.15) is 0 Å². The van der Waals surface area contributed by atoms with Gasteiger partial charge in [-0.1, -0.05) is 0 Å². The first-order valence-corrected chi connectivity index (χ1v) is 9.88.